The fraction of sp³-hybridized carbons (Fsp3) is 0.500. The van der Waals surface area contributed by atoms with Gasteiger partial charge >= 0.3 is 0 Å². The van der Waals surface area contributed by atoms with E-state index in [0.717, 1.165) is 0 Å². The number of amides is 1. The zero-order valence-corrected chi connectivity index (χ0v) is 8.52. The number of hydrogen-bond acceptors (Lipinski definition) is 1. The minimum atomic E-state index is -0.943. The first-order chi connectivity index (χ1) is 5.93. The van der Waals surface area contributed by atoms with Gasteiger partial charge in [-0.1, -0.05) is 6.08 Å². The fourth-order valence-corrected chi connectivity index (χ4v) is 0.708. The molecule has 74 valence electrons. The number of nitrogens with one attached hydrogen (secondary N) is 1. The van der Waals surface area contributed by atoms with Crippen LogP contribution in [0.15, 0.2) is 23.4 Å². The Labute approximate surface area is 78.5 Å². The number of carbonyl (C=O) groups is 1. The Balaban J connectivity index is 4.24. The number of allylic oxidation sites excluding steroid dienone is 4. The van der Waals surface area contributed by atoms with Gasteiger partial charge in [0, 0.05) is 12.6 Å². The smallest absolute Gasteiger partial charge is 0.220 e. The topological polar surface area (TPSA) is 29.1 Å². The molecule has 0 bridgehead atoms. The van der Waals surface area contributed by atoms with Crippen molar-refractivity contribution >= 4 is 5.91 Å². The maximum absolute atomic E-state index is 12.6. The molecule has 1 amide bonds. The molecule has 0 radical (unpaired) electrons. The second-order valence-electron chi connectivity index (χ2n) is 3.06. The second-order valence-corrected chi connectivity index (χ2v) is 3.06. The number of alkyl halides is 1. The van der Waals surface area contributed by atoms with E-state index in [-0.39, 0.29) is 5.91 Å². The van der Waals surface area contributed by atoms with Crippen molar-refractivity contribution in [3.63, 3.8) is 0 Å². The molecule has 0 saturated carbocycles. The van der Waals surface area contributed by atoms with E-state index in [0.29, 0.717) is 11.3 Å². The van der Waals surface area contributed by atoms with Crippen LogP contribution < -0.4 is 5.32 Å². The number of hydrogen-bond donors (Lipinski definition) is 1. The van der Waals surface area contributed by atoms with Gasteiger partial charge in [0.2, 0.25) is 5.91 Å². The molecule has 2 nitrogen and oxygen atoms in total. The highest BCUT2D eigenvalue weighted by molar-refractivity contribution is 5.74. The van der Waals surface area contributed by atoms with E-state index in [1.807, 2.05) is 0 Å². The van der Waals surface area contributed by atoms with Gasteiger partial charge < -0.3 is 5.32 Å². The van der Waals surface area contributed by atoms with Gasteiger partial charge in [-0.2, -0.15) is 0 Å². The van der Waals surface area contributed by atoms with Gasteiger partial charge in [0.05, 0.1) is 0 Å². The van der Waals surface area contributed by atoms with Crippen LogP contribution in [-0.2, 0) is 4.79 Å². The summed E-state index contributed by atoms with van der Waals surface area (Å²) in [5, 5.41) is 2.59. The third-order valence-corrected chi connectivity index (χ3v) is 1.60. The van der Waals surface area contributed by atoms with Crippen LogP contribution in [0.4, 0.5) is 4.39 Å². The molecule has 0 rings (SSSR count). The average molecular weight is 185 g/mol. The standard InChI is InChI=1S/C10H16FNO/c1-7(9(3)11)5-6-8(2)12-10(4)13/h5-6,9H,1-4H3,(H,12,13)/b7-5-,8-6+. The minimum Gasteiger partial charge on any atom is -0.330 e. The van der Waals surface area contributed by atoms with Crippen LogP contribution in [0.25, 0.3) is 0 Å². The van der Waals surface area contributed by atoms with Crippen LogP contribution in [0.3, 0.4) is 0 Å². The number of carbonyl (C=O) groups excluding carboxylic acids is 1. The monoisotopic (exact) mass is 185 g/mol. The van der Waals surface area contributed by atoms with Crippen molar-refractivity contribution in [1.29, 1.82) is 0 Å². The summed E-state index contributed by atoms with van der Waals surface area (Å²) in [5.74, 6) is -0.117. The summed E-state index contributed by atoms with van der Waals surface area (Å²) < 4.78 is 12.6. The van der Waals surface area contributed by atoms with Crippen LogP contribution in [0, 0.1) is 0 Å². The highest BCUT2D eigenvalue weighted by Gasteiger charge is 1.98. The molecule has 0 saturated heterocycles. The molecule has 0 aliphatic carbocycles. The van der Waals surface area contributed by atoms with E-state index >= 15 is 0 Å². The molecular weight excluding hydrogens is 169 g/mol. The van der Waals surface area contributed by atoms with Gasteiger partial charge in [-0.05, 0) is 32.4 Å². The molecule has 0 aliphatic rings. The van der Waals surface area contributed by atoms with Crippen molar-refractivity contribution in [2.45, 2.75) is 33.9 Å². The number of halogens is 1. The lowest BCUT2D eigenvalue weighted by molar-refractivity contribution is -0.118. The molecule has 0 spiro atoms. The molecule has 0 fully saturated rings. The predicted molar refractivity (Wildman–Crippen MR) is 51.9 cm³/mol. The van der Waals surface area contributed by atoms with Crippen molar-refractivity contribution in [1.82, 2.24) is 5.32 Å². The minimum absolute atomic E-state index is 0.117. The highest BCUT2D eigenvalue weighted by atomic mass is 19.1. The second kappa shape index (κ2) is 5.51. The maximum Gasteiger partial charge on any atom is 0.220 e. The van der Waals surface area contributed by atoms with Gasteiger partial charge in [0.25, 0.3) is 0 Å². The summed E-state index contributed by atoms with van der Waals surface area (Å²) in [7, 11) is 0. The summed E-state index contributed by atoms with van der Waals surface area (Å²) >= 11 is 0. The van der Waals surface area contributed by atoms with Crippen molar-refractivity contribution < 1.29 is 9.18 Å². The van der Waals surface area contributed by atoms with Crippen molar-refractivity contribution in [3.8, 4) is 0 Å². The fourth-order valence-electron chi connectivity index (χ4n) is 0.708. The van der Waals surface area contributed by atoms with E-state index in [2.05, 4.69) is 5.32 Å². The van der Waals surface area contributed by atoms with E-state index in [9.17, 15) is 9.18 Å². The quantitative estimate of drug-likeness (QED) is 0.672. The average Bonchev–Trinajstić information content (AvgIpc) is 1.98. The van der Waals surface area contributed by atoms with Gasteiger partial charge in [0.1, 0.15) is 6.17 Å². The summed E-state index contributed by atoms with van der Waals surface area (Å²) in [6, 6.07) is 0. The van der Waals surface area contributed by atoms with Gasteiger partial charge in [-0.3, -0.25) is 4.79 Å². The van der Waals surface area contributed by atoms with Crippen LogP contribution in [0.1, 0.15) is 27.7 Å². The molecule has 1 N–H and O–H groups in total. The van der Waals surface area contributed by atoms with Crippen molar-refractivity contribution in [2.75, 3.05) is 0 Å². The molecule has 0 aromatic carbocycles. The highest BCUT2D eigenvalue weighted by Crippen LogP contribution is 2.04. The van der Waals surface area contributed by atoms with Crippen LogP contribution in [-0.4, -0.2) is 12.1 Å². The SMILES string of the molecule is CC(=O)N/C(C)=C/C=C(/C)C(C)F. The number of rotatable bonds is 3. The van der Waals surface area contributed by atoms with Gasteiger partial charge in [-0.15, -0.1) is 0 Å². The van der Waals surface area contributed by atoms with E-state index in [1.54, 1.807) is 26.0 Å². The summed E-state index contributed by atoms with van der Waals surface area (Å²) in [4.78, 5) is 10.6. The molecule has 13 heavy (non-hydrogen) atoms. The first kappa shape index (κ1) is 11.9. The first-order valence-electron chi connectivity index (χ1n) is 4.20. The molecule has 0 heterocycles. The Kier molecular flexibility index (Phi) is 5.04. The summed E-state index contributed by atoms with van der Waals surface area (Å²) in [6.45, 7) is 6.38. The van der Waals surface area contributed by atoms with Gasteiger partial charge in [-0.25, -0.2) is 4.39 Å². The third kappa shape index (κ3) is 6.08. The molecule has 1 atom stereocenters. The lowest BCUT2D eigenvalue weighted by atomic mass is 10.2. The Hall–Kier alpha value is -1.12. The largest absolute Gasteiger partial charge is 0.330 e. The molecular formula is C10H16FNO. The first-order valence-corrected chi connectivity index (χ1v) is 4.20. The summed E-state index contributed by atoms with van der Waals surface area (Å²) in [5.41, 5.74) is 1.36. The normalized spacial score (nSPS) is 15.5. The predicted octanol–water partition coefficient (Wildman–Crippen LogP) is 2.33. The zero-order valence-electron chi connectivity index (χ0n) is 8.52. The molecule has 3 heteroatoms. The third-order valence-electron chi connectivity index (χ3n) is 1.60. The van der Waals surface area contributed by atoms with E-state index in [4.69, 9.17) is 0 Å². The zero-order chi connectivity index (χ0) is 10.4. The van der Waals surface area contributed by atoms with Gasteiger partial charge in [0.15, 0.2) is 0 Å². The Bertz CT molecular complexity index is 241. The van der Waals surface area contributed by atoms with Crippen LogP contribution in [0.2, 0.25) is 0 Å². The van der Waals surface area contributed by atoms with Crippen LogP contribution >= 0.6 is 0 Å². The Morgan fingerprint density at radius 3 is 2.23 bits per heavy atom. The summed E-state index contributed by atoms with van der Waals surface area (Å²) in [6.07, 6.45) is 2.41. The molecule has 0 aliphatic heterocycles. The molecule has 1 unspecified atom stereocenters. The van der Waals surface area contributed by atoms with Crippen LogP contribution in [0.5, 0.6) is 0 Å². The lowest BCUT2D eigenvalue weighted by Crippen LogP contribution is -2.16. The molecule has 0 aromatic rings. The van der Waals surface area contributed by atoms with Crippen molar-refractivity contribution in [2.24, 2.45) is 0 Å². The lowest BCUT2D eigenvalue weighted by Gasteiger charge is -2.01. The van der Waals surface area contributed by atoms with Crippen molar-refractivity contribution in [3.05, 3.63) is 23.4 Å². The van der Waals surface area contributed by atoms with E-state index < -0.39 is 6.17 Å². The Morgan fingerprint density at radius 1 is 1.31 bits per heavy atom. The Morgan fingerprint density at radius 2 is 1.85 bits per heavy atom. The molecule has 0 aromatic heterocycles. The van der Waals surface area contributed by atoms with E-state index in [1.165, 1.54) is 13.8 Å². The maximum atomic E-state index is 12.6.